The molecule has 6 nitrogen and oxygen atoms in total. The zero-order chi connectivity index (χ0) is 14.2. The van der Waals surface area contributed by atoms with Crippen LogP contribution in [0.2, 0.25) is 0 Å². The number of fused-ring (bicyclic) bond motifs is 1. The van der Waals surface area contributed by atoms with Crippen molar-refractivity contribution in [1.82, 2.24) is 19.8 Å². The van der Waals surface area contributed by atoms with Crippen LogP contribution in [0.4, 0.5) is 5.82 Å². The Hall–Kier alpha value is -2.37. The van der Waals surface area contributed by atoms with Gasteiger partial charge in [-0.25, -0.2) is 9.50 Å². The van der Waals surface area contributed by atoms with Crippen LogP contribution < -0.4 is 5.32 Å². The van der Waals surface area contributed by atoms with E-state index in [2.05, 4.69) is 47.4 Å². The smallest absolute Gasteiger partial charge is 0.152 e. The second-order valence-corrected chi connectivity index (χ2v) is 5.73. The summed E-state index contributed by atoms with van der Waals surface area (Å²) in [7, 11) is 0. The van der Waals surface area contributed by atoms with Gasteiger partial charge in [0.1, 0.15) is 17.5 Å². The maximum absolute atomic E-state index is 4.81. The molecule has 0 radical (unpaired) electrons. The summed E-state index contributed by atoms with van der Waals surface area (Å²) in [6.45, 7) is 7.00. The molecule has 0 aromatic carbocycles. The third-order valence-corrected chi connectivity index (χ3v) is 3.09. The zero-order valence-corrected chi connectivity index (χ0v) is 11.8. The van der Waals surface area contributed by atoms with Gasteiger partial charge in [0.2, 0.25) is 0 Å². The van der Waals surface area contributed by atoms with Crippen LogP contribution in [0.15, 0.2) is 35.3 Å². The molecule has 6 heteroatoms. The molecule has 0 bridgehead atoms. The third-order valence-electron chi connectivity index (χ3n) is 3.09. The predicted octanol–water partition coefficient (Wildman–Crippen LogP) is 2.63. The van der Waals surface area contributed by atoms with Crippen molar-refractivity contribution < 1.29 is 4.52 Å². The highest BCUT2D eigenvalue weighted by Gasteiger charge is 2.19. The summed E-state index contributed by atoms with van der Waals surface area (Å²) in [5.74, 6) is 0.790. The minimum Gasteiger partial charge on any atom is -0.364 e. The van der Waals surface area contributed by atoms with Crippen LogP contribution in [0.1, 0.15) is 32.2 Å². The van der Waals surface area contributed by atoms with Gasteiger partial charge in [-0.3, -0.25) is 0 Å². The van der Waals surface area contributed by atoms with E-state index < -0.39 is 0 Å². The summed E-state index contributed by atoms with van der Waals surface area (Å²) in [6.07, 6.45) is 5.14. The first kappa shape index (κ1) is 12.7. The van der Waals surface area contributed by atoms with Crippen LogP contribution in [0.3, 0.4) is 0 Å². The minimum atomic E-state index is 0.00933. The Morgan fingerprint density at radius 2 is 2.20 bits per heavy atom. The van der Waals surface area contributed by atoms with Crippen LogP contribution >= 0.6 is 0 Å². The van der Waals surface area contributed by atoms with Gasteiger partial charge in [-0.2, -0.15) is 5.10 Å². The van der Waals surface area contributed by atoms with Gasteiger partial charge in [0.25, 0.3) is 0 Å². The van der Waals surface area contributed by atoms with E-state index in [1.807, 2.05) is 16.8 Å². The van der Waals surface area contributed by atoms with Crippen LogP contribution in [0.5, 0.6) is 0 Å². The van der Waals surface area contributed by atoms with E-state index in [1.54, 1.807) is 12.5 Å². The quantitative estimate of drug-likeness (QED) is 0.793. The van der Waals surface area contributed by atoms with Gasteiger partial charge in [-0.05, 0) is 6.07 Å². The fraction of sp³-hybridized carbons (Fsp3) is 0.357. The normalized spacial score (nSPS) is 11.9. The van der Waals surface area contributed by atoms with E-state index in [0.717, 1.165) is 22.7 Å². The van der Waals surface area contributed by atoms with Gasteiger partial charge in [-0.15, -0.1) is 0 Å². The molecule has 0 unspecified atom stereocenters. The van der Waals surface area contributed by atoms with Crippen molar-refractivity contribution in [3.05, 3.63) is 42.2 Å². The van der Waals surface area contributed by atoms with E-state index in [4.69, 9.17) is 4.52 Å². The van der Waals surface area contributed by atoms with Crippen molar-refractivity contribution in [2.45, 2.75) is 32.7 Å². The number of nitrogens with one attached hydrogen (secondary N) is 1. The van der Waals surface area contributed by atoms with Gasteiger partial charge in [-0.1, -0.05) is 25.9 Å². The summed E-state index contributed by atoms with van der Waals surface area (Å²) in [6, 6.07) is 3.89. The van der Waals surface area contributed by atoms with Gasteiger partial charge in [0.05, 0.1) is 12.2 Å². The highest BCUT2D eigenvalue weighted by atomic mass is 16.5. The number of anilines is 1. The summed E-state index contributed by atoms with van der Waals surface area (Å²) in [5, 5.41) is 11.7. The predicted molar refractivity (Wildman–Crippen MR) is 75.5 cm³/mol. The second kappa shape index (κ2) is 4.63. The lowest BCUT2D eigenvalue weighted by Crippen LogP contribution is -2.11. The molecule has 0 saturated carbocycles. The first-order valence-corrected chi connectivity index (χ1v) is 6.52. The monoisotopic (exact) mass is 271 g/mol. The van der Waals surface area contributed by atoms with Gasteiger partial charge in [0.15, 0.2) is 5.82 Å². The molecule has 0 spiro atoms. The van der Waals surface area contributed by atoms with E-state index >= 15 is 0 Å². The molecule has 20 heavy (non-hydrogen) atoms. The molecule has 0 aliphatic rings. The van der Waals surface area contributed by atoms with Gasteiger partial charge in [0, 0.05) is 23.9 Å². The number of aromatic nitrogens is 4. The van der Waals surface area contributed by atoms with E-state index in [1.165, 1.54) is 0 Å². The summed E-state index contributed by atoms with van der Waals surface area (Å²) >= 11 is 0. The Morgan fingerprint density at radius 1 is 1.35 bits per heavy atom. The average molecular weight is 271 g/mol. The maximum Gasteiger partial charge on any atom is 0.152 e. The summed E-state index contributed by atoms with van der Waals surface area (Å²) < 4.78 is 6.66. The summed E-state index contributed by atoms with van der Waals surface area (Å²) in [5.41, 5.74) is 2.84. The Bertz CT molecular complexity index is 709. The zero-order valence-electron chi connectivity index (χ0n) is 11.8. The van der Waals surface area contributed by atoms with Crippen molar-refractivity contribution in [2.24, 2.45) is 0 Å². The third kappa shape index (κ3) is 2.36. The molecular formula is C14H17N5O. The highest BCUT2D eigenvalue weighted by Crippen LogP contribution is 2.24. The van der Waals surface area contributed by atoms with Crippen LogP contribution in [0, 0.1) is 0 Å². The molecule has 0 fully saturated rings. The topological polar surface area (TPSA) is 68.2 Å². The maximum atomic E-state index is 4.81. The van der Waals surface area contributed by atoms with Gasteiger partial charge < -0.3 is 9.84 Å². The second-order valence-electron chi connectivity index (χ2n) is 5.73. The lowest BCUT2D eigenvalue weighted by molar-refractivity contribution is 0.412. The molecule has 0 atom stereocenters. The van der Waals surface area contributed by atoms with Crippen molar-refractivity contribution >= 4 is 11.3 Å². The molecule has 1 N–H and O–H groups in total. The fourth-order valence-electron chi connectivity index (χ4n) is 1.93. The van der Waals surface area contributed by atoms with Crippen molar-refractivity contribution in [3.8, 4) is 0 Å². The largest absolute Gasteiger partial charge is 0.364 e. The Balaban J connectivity index is 1.92. The molecule has 0 amide bonds. The first-order valence-electron chi connectivity index (χ1n) is 6.52. The molecule has 3 rings (SSSR count). The van der Waals surface area contributed by atoms with E-state index in [9.17, 15) is 0 Å². The Morgan fingerprint density at radius 3 is 2.90 bits per heavy atom. The number of hydrogen-bond acceptors (Lipinski definition) is 5. The lowest BCUT2D eigenvalue weighted by atomic mass is 9.92. The minimum absolute atomic E-state index is 0.00933. The Kier molecular flexibility index (Phi) is 2.93. The Labute approximate surface area is 116 Å². The fourth-order valence-corrected chi connectivity index (χ4v) is 1.93. The van der Waals surface area contributed by atoms with Crippen LogP contribution in [-0.4, -0.2) is 19.8 Å². The standard InChI is InChI=1S/C14H17N5O/c1-14(2,3)12-8-11-13(15-5-6-19(11)17-12)16-9-10-4-7-20-18-10/h4-8H,9H2,1-3H3,(H,15,16). The lowest BCUT2D eigenvalue weighted by Gasteiger charge is -2.13. The van der Waals surface area contributed by atoms with E-state index in [-0.39, 0.29) is 5.41 Å². The number of hydrogen-bond donors (Lipinski definition) is 1. The SMILES string of the molecule is CC(C)(C)c1cc2c(NCc3ccon3)nccn2n1. The molecule has 0 aliphatic heterocycles. The molecule has 104 valence electrons. The van der Waals surface area contributed by atoms with Crippen molar-refractivity contribution in [1.29, 1.82) is 0 Å². The number of nitrogens with zero attached hydrogens (tertiary/aromatic N) is 4. The molecule has 3 aromatic rings. The summed E-state index contributed by atoms with van der Waals surface area (Å²) in [4.78, 5) is 4.37. The molecular weight excluding hydrogens is 254 g/mol. The van der Waals surface area contributed by atoms with E-state index in [0.29, 0.717) is 6.54 Å². The van der Waals surface area contributed by atoms with Crippen molar-refractivity contribution in [3.63, 3.8) is 0 Å². The average Bonchev–Trinajstić information content (AvgIpc) is 3.04. The number of rotatable bonds is 3. The molecule has 0 aliphatic carbocycles. The molecule has 3 heterocycles. The first-order chi connectivity index (χ1) is 9.54. The molecule has 0 saturated heterocycles. The van der Waals surface area contributed by atoms with Gasteiger partial charge >= 0.3 is 0 Å². The van der Waals surface area contributed by atoms with Crippen LogP contribution in [0.25, 0.3) is 5.52 Å². The highest BCUT2D eigenvalue weighted by molar-refractivity contribution is 5.68. The van der Waals surface area contributed by atoms with Crippen molar-refractivity contribution in [2.75, 3.05) is 5.32 Å². The molecule has 3 aromatic heterocycles. The van der Waals surface area contributed by atoms with Crippen LogP contribution in [-0.2, 0) is 12.0 Å².